The molecule has 0 aliphatic carbocycles. The molecule has 0 aromatic heterocycles. The van der Waals surface area contributed by atoms with Crippen LogP contribution in [-0.2, 0) is 20.6 Å². The number of alkyl halides is 3. The van der Waals surface area contributed by atoms with Crippen molar-refractivity contribution in [3.05, 3.63) is 35.4 Å². The fourth-order valence-corrected chi connectivity index (χ4v) is 2.81. The van der Waals surface area contributed by atoms with Crippen molar-refractivity contribution in [1.82, 2.24) is 10.4 Å². The molecular formula is C15H17F3N2O3. The lowest BCUT2D eigenvalue weighted by atomic mass is 9.84. The van der Waals surface area contributed by atoms with E-state index in [9.17, 15) is 22.8 Å². The SMILES string of the molecule is CONC(=O)[C@H]1CCC(=O)N(C)[C@H]1c1ccc(C(F)(F)F)cc1. The van der Waals surface area contributed by atoms with E-state index in [0.717, 1.165) is 12.1 Å². The van der Waals surface area contributed by atoms with E-state index in [2.05, 4.69) is 10.3 Å². The third kappa shape index (κ3) is 3.64. The van der Waals surface area contributed by atoms with Gasteiger partial charge in [-0.25, -0.2) is 5.48 Å². The van der Waals surface area contributed by atoms with Crippen molar-refractivity contribution < 1.29 is 27.6 Å². The van der Waals surface area contributed by atoms with E-state index in [1.54, 1.807) is 0 Å². The molecule has 0 saturated carbocycles. The van der Waals surface area contributed by atoms with Crippen LogP contribution in [0.1, 0.15) is 30.0 Å². The molecule has 1 fully saturated rings. The molecule has 1 aromatic carbocycles. The van der Waals surface area contributed by atoms with E-state index in [0.29, 0.717) is 12.0 Å². The number of amides is 2. The highest BCUT2D eigenvalue weighted by molar-refractivity contribution is 5.84. The Morgan fingerprint density at radius 1 is 1.30 bits per heavy atom. The number of hydrogen-bond donors (Lipinski definition) is 1. The number of benzene rings is 1. The number of carbonyl (C=O) groups is 2. The Kier molecular flexibility index (Phi) is 4.93. The highest BCUT2D eigenvalue weighted by Gasteiger charge is 2.39. The zero-order valence-corrected chi connectivity index (χ0v) is 12.7. The summed E-state index contributed by atoms with van der Waals surface area (Å²) in [6.07, 6.45) is -3.92. The first kappa shape index (κ1) is 17.3. The van der Waals surface area contributed by atoms with E-state index in [4.69, 9.17) is 0 Å². The Hall–Kier alpha value is -2.09. The molecule has 0 bridgehead atoms. The lowest BCUT2D eigenvalue weighted by Crippen LogP contribution is -2.46. The van der Waals surface area contributed by atoms with Crippen LogP contribution in [0.3, 0.4) is 0 Å². The molecule has 1 saturated heterocycles. The molecule has 1 aliphatic heterocycles. The van der Waals surface area contributed by atoms with Gasteiger partial charge >= 0.3 is 6.18 Å². The van der Waals surface area contributed by atoms with Gasteiger partial charge in [0.1, 0.15) is 0 Å². The zero-order valence-electron chi connectivity index (χ0n) is 12.7. The number of piperidine rings is 1. The summed E-state index contributed by atoms with van der Waals surface area (Å²) in [5.74, 6) is -1.15. The predicted molar refractivity (Wildman–Crippen MR) is 74.8 cm³/mol. The lowest BCUT2D eigenvalue weighted by Gasteiger charge is -2.38. The number of hydrogen-bond acceptors (Lipinski definition) is 3. The molecule has 1 N–H and O–H groups in total. The molecular weight excluding hydrogens is 313 g/mol. The van der Waals surface area contributed by atoms with E-state index in [-0.39, 0.29) is 12.3 Å². The summed E-state index contributed by atoms with van der Waals surface area (Å²) in [4.78, 5) is 30.0. The normalized spacial score (nSPS) is 22.1. The van der Waals surface area contributed by atoms with Gasteiger partial charge in [0.25, 0.3) is 0 Å². The van der Waals surface area contributed by atoms with Gasteiger partial charge in [0, 0.05) is 13.5 Å². The van der Waals surface area contributed by atoms with Gasteiger partial charge in [0.15, 0.2) is 0 Å². The van der Waals surface area contributed by atoms with Crippen molar-refractivity contribution >= 4 is 11.8 Å². The van der Waals surface area contributed by atoms with Gasteiger partial charge in [-0.2, -0.15) is 13.2 Å². The van der Waals surface area contributed by atoms with Crippen LogP contribution >= 0.6 is 0 Å². The van der Waals surface area contributed by atoms with Gasteiger partial charge in [-0.3, -0.25) is 14.4 Å². The maximum absolute atomic E-state index is 12.7. The maximum atomic E-state index is 12.7. The minimum absolute atomic E-state index is 0.156. The topological polar surface area (TPSA) is 58.6 Å². The molecule has 23 heavy (non-hydrogen) atoms. The number of nitrogens with one attached hydrogen (secondary N) is 1. The van der Waals surface area contributed by atoms with Gasteiger partial charge in [0.2, 0.25) is 11.8 Å². The Morgan fingerprint density at radius 3 is 2.43 bits per heavy atom. The zero-order chi connectivity index (χ0) is 17.2. The second kappa shape index (κ2) is 6.57. The molecule has 2 atom stereocenters. The fourth-order valence-electron chi connectivity index (χ4n) is 2.81. The number of likely N-dealkylation sites (tertiary alicyclic amines) is 1. The Bertz CT molecular complexity index is 587. The lowest BCUT2D eigenvalue weighted by molar-refractivity contribution is -0.146. The number of hydroxylamine groups is 1. The quantitative estimate of drug-likeness (QED) is 0.865. The third-order valence-corrected chi connectivity index (χ3v) is 3.98. The number of nitrogens with zero attached hydrogens (tertiary/aromatic N) is 1. The van der Waals surface area contributed by atoms with Crippen LogP contribution < -0.4 is 5.48 Å². The minimum atomic E-state index is -4.43. The summed E-state index contributed by atoms with van der Waals surface area (Å²) >= 11 is 0. The molecule has 0 unspecified atom stereocenters. The second-order valence-corrected chi connectivity index (χ2v) is 5.38. The first-order valence-corrected chi connectivity index (χ1v) is 7.01. The summed E-state index contributed by atoms with van der Waals surface area (Å²) in [7, 11) is 2.83. The molecule has 126 valence electrons. The predicted octanol–water partition coefficient (Wildman–Crippen LogP) is 2.29. The van der Waals surface area contributed by atoms with Crippen LogP contribution in [0.15, 0.2) is 24.3 Å². The van der Waals surface area contributed by atoms with Crippen LogP contribution in [0.2, 0.25) is 0 Å². The average Bonchev–Trinajstić information content (AvgIpc) is 2.49. The summed E-state index contributed by atoms with van der Waals surface area (Å²) in [6, 6.07) is 3.88. The summed E-state index contributed by atoms with van der Waals surface area (Å²) < 4.78 is 38.0. The van der Waals surface area contributed by atoms with Crippen LogP contribution in [0.4, 0.5) is 13.2 Å². The van der Waals surface area contributed by atoms with Gasteiger partial charge < -0.3 is 4.90 Å². The van der Waals surface area contributed by atoms with E-state index in [1.165, 1.54) is 31.2 Å². The van der Waals surface area contributed by atoms with Crippen molar-refractivity contribution in [3.63, 3.8) is 0 Å². The van der Waals surface area contributed by atoms with E-state index in [1.807, 2.05) is 0 Å². The van der Waals surface area contributed by atoms with E-state index >= 15 is 0 Å². The van der Waals surface area contributed by atoms with Crippen molar-refractivity contribution in [1.29, 1.82) is 0 Å². The minimum Gasteiger partial charge on any atom is -0.338 e. The largest absolute Gasteiger partial charge is 0.416 e. The van der Waals surface area contributed by atoms with Gasteiger partial charge in [-0.05, 0) is 24.1 Å². The van der Waals surface area contributed by atoms with Crippen molar-refractivity contribution in [3.8, 4) is 0 Å². The molecule has 0 radical (unpaired) electrons. The van der Waals surface area contributed by atoms with Crippen molar-refractivity contribution in [2.75, 3.05) is 14.2 Å². The van der Waals surface area contributed by atoms with Gasteiger partial charge in [0.05, 0.1) is 24.6 Å². The first-order valence-electron chi connectivity index (χ1n) is 7.01. The van der Waals surface area contributed by atoms with Gasteiger partial charge in [-0.15, -0.1) is 0 Å². The van der Waals surface area contributed by atoms with Crippen LogP contribution in [0.5, 0.6) is 0 Å². The molecule has 2 amide bonds. The van der Waals surface area contributed by atoms with Gasteiger partial charge in [-0.1, -0.05) is 12.1 Å². The van der Waals surface area contributed by atoms with E-state index < -0.39 is 29.6 Å². The van der Waals surface area contributed by atoms with Crippen LogP contribution in [-0.4, -0.2) is 30.9 Å². The monoisotopic (exact) mass is 330 g/mol. The smallest absolute Gasteiger partial charge is 0.338 e. The van der Waals surface area contributed by atoms with Crippen molar-refractivity contribution in [2.24, 2.45) is 5.92 Å². The van der Waals surface area contributed by atoms with Crippen molar-refractivity contribution in [2.45, 2.75) is 25.1 Å². The highest BCUT2D eigenvalue weighted by atomic mass is 19.4. The van der Waals surface area contributed by atoms with Crippen LogP contribution in [0, 0.1) is 5.92 Å². The maximum Gasteiger partial charge on any atom is 0.416 e. The summed E-state index contributed by atoms with van der Waals surface area (Å²) in [5, 5.41) is 0. The Morgan fingerprint density at radius 2 is 1.91 bits per heavy atom. The molecule has 1 heterocycles. The standard InChI is InChI=1S/C15H17F3N2O3/c1-20-12(21)8-7-11(14(22)19-23-2)13(20)9-3-5-10(6-4-9)15(16,17)18/h3-6,11,13H,7-8H2,1-2H3,(H,19,22)/t11-,13-/m0/s1. The number of carbonyl (C=O) groups excluding carboxylic acids is 2. The molecule has 0 spiro atoms. The average molecular weight is 330 g/mol. The molecule has 1 aromatic rings. The molecule has 2 rings (SSSR count). The highest BCUT2D eigenvalue weighted by Crippen LogP contribution is 2.37. The number of halogens is 3. The first-order chi connectivity index (χ1) is 10.8. The third-order valence-electron chi connectivity index (χ3n) is 3.98. The summed E-state index contributed by atoms with van der Waals surface area (Å²) in [6.45, 7) is 0. The molecule has 8 heteroatoms. The fraction of sp³-hybridized carbons (Fsp3) is 0.467. The molecule has 1 aliphatic rings. The number of rotatable bonds is 3. The Labute approximate surface area is 131 Å². The molecule has 5 nitrogen and oxygen atoms in total. The van der Waals surface area contributed by atoms with Crippen LogP contribution in [0.25, 0.3) is 0 Å². The second-order valence-electron chi connectivity index (χ2n) is 5.38. The Balaban J connectivity index is 2.34. The summed E-state index contributed by atoms with van der Waals surface area (Å²) in [5.41, 5.74) is 1.93.